The van der Waals surface area contributed by atoms with E-state index in [0.29, 0.717) is 11.4 Å². The van der Waals surface area contributed by atoms with E-state index in [1.807, 2.05) is 36.4 Å². The summed E-state index contributed by atoms with van der Waals surface area (Å²) in [6, 6.07) is 15.2. The van der Waals surface area contributed by atoms with Gasteiger partial charge in [-0.05, 0) is 12.1 Å². The molecule has 0 atom stereocenters. The molecule has 1 aliphatic rings. The maximum atomic E-state index is 5.75. The first-order valence-corrected chi connectivity index (χ1v) is 5.75. The van der Waals surface area contributed by atoms with Crippen molar-refractivity contribution in [1.82, 2.24) is 0 Å². The number of nitrogen functional groups attached to an aromatic ring is 2. The number of hydrogen-bond acceptors (Lipinski definition) is 4. The normalized spacial score (nSPS) is 22.4. The Kier molecular flexibility index (Phi) is 2.66. The lowest BCUT2D eigenvalue weighted by Gasteiger charge is -2.36. The first-order valence-electron chi connectivity index (χ1n) is 5.75. The summed E-state index contributed by atoms with van der Waals surface area (Å²) in [6.07, 6.45) is -0.659. The Balaban J connectivity index is 1.70. The van der Waals surface area contributed by atoms with Crippen molar-refractivity contribution in [3.8, 4) is 0 Å². The number of hydrogen-bond donors (Lipinski definition) is 2. The van der Waals surface area contributed by atoms with E-state index >= 15 is 0 Å². The number of anilines is 2. The summed E-state index contributed by atoms with van der Waals surface area (Å²) in [5.74, 6) is 0. The smallest absolute Gasteiger partial charge is 0.190 e. The van der Waals surface area contributed by atoms with Crippen molar-refractivity contribution < 1.29 is 9.47 Å². The Bertz CT molecular complexity index is 551. The summed E-state index contributed by atoms with van der Waals surface area (Å²) >= 11 is 0. The summed E-state index contributed by atoms with van der Waals surface area (Å²) in [5.41, 5.74) is 14.4. The van der Waals surface area contributed by atoms with Gasteiger partial charge in [0, 0.05) is 11.1 Å². The molecule has 0 bridgehead atoms. The van der Waals surface area contributed by atoms with Gasteiger partial charge in [-0.2, -0.15) is 0 Å². The molecule has 92 valence electrons. The SMILES string of the molecule is Nc1ccc(C2OC(c3ccccc3)O2)cc1N. The van der Waals surface area contributed by atoms with E-state index < -0.39 is 0 Å². The molecule has 0 aromatic heterocycles. The van der Waals surface area contributed by atoms with Gasteiger partial charge in [-0.3, -0.25) is 0 Å². The van der Waals surface area contributed by atoms with E-state index in [4.69, 9.17) is 20.9 Å². The second kappa shape index (κ2) is 4.33. The first kappa shape index (κ1) is 11.1. The summed E-state index contributed by atoms with van der Waals surface area (Å²) in [5, 5.41) is 0. The molecule has 2 aromatic rings. The average Bonchev–Trinajstić information content (AvgIpc) is 2.33. The van der Waals surface area contributed by atoms with Gasteiger partial charge in [0.2, 0.25) is 0 Å². The molecule has 3 rings (SSSR count). The predicted molar refractivity (Wildman–Crippen MR) is 69.4 cm³/mol. The van der Waals surface area contributed by atoms with Crippen molar-refractivity contribution in [3.63, 3.8) is 0 Å². The van der Waals surface area contributed by atoms with Crippen LogP contribution < -0.4 is 11.5 Å². The standard InChI is InChI=1S/C14H14N2O2/c15-11-7-6-10(8-12(11)16)14-17-13(18-14)9-4-2-1-3-5-9/h1-8,13-14H,15-16H2. The molecule has 4 nitrogen and oxygen atoms in total. The predicted octanol–water partition coefficient (Wildman–Crippen LogP) is 2.60. The van der Waals surface area contributed by atoms with E-state index in [1.54, 1.807) is 12.1 Å². The van der Waals surface area contributed by atoms with Crippen LogP contribution in [0.2, 0.25) is 0 Å². The van der Waals surface area contributed by atoms with Gasteiger partial charge in [-0.1, -0.05) is 36.4 Å². The molecular formula is C14H14N2O2. The highest BCUT2D eigenvalue weighted by Gasteiger charge is 2.33. The first-order chi connectivity index (χ1) is 8.74. The quantitative estimate of drug-likeness (QED) is 0.794. The van der Waals surface area contributed by atoms with Crippen LogP contribution in [0.3, 0.4) is 0 Å². The monoisotopic (exact) mass is 242 g/mol. The Morgan fingerprint density at radius 3 is 2.06 bits per heavy atom. The minimum absolute atomic E-state index is 0.296. The highest BCUT2D eigenvalue weighted by atomic mass is 16.9. The third-order valence-electron chi connectivity index (χ3n) is 2.95. The summed E-state index contributed by atoms with van der Waals surface area (Å²) < 4.78 is 11.4. The number of nitrogens with two attached hydrogens (primary N) is 2. The van der Waals surface area contributed by atoms with Crippen LogP contribution in [-0.4, -0.2) is 0 Å². The fraction of sp³-hybridized carbons (Fsp3) is 0.143. The molecule has 0 saturated carbocycles. The zero-order chi connectivity index (χ0) is 12.5. The minimum atomic E-state index is -0.363. The van der Waals surface area contributed by atoms with Gasteiger partial charge in [0.25, 0.3) is 0 Å². The molecule has 1 heterocycles. The number of rotatable bonds is 2. The van der Waals surface area contributed by atoms with Gasteiger partial charge >= 0.3 is 0 Å². The molecule has 0 radical (unpaired) electrons. The van der Waals surface area contributed by atoms with Gasteiger partial charge < -0.3 is 20.9 Å². The molecular weight excluding hydrogens is 228 g/mol. The van der Waals surface area contributed by atoms with Crippen LogP contribution in [0.4, 0.5) is 11.4 Å². The summed E-state index contributed by atoms with van der Waals surface area (Å²) in [4.78, 5) is 0. The molecule has 2 aromatic carbocycles. The fourth-order valence-corrected chi connectivity index (χ4v) is 1.90. The van der Waals surface area contributed by atoms with E-state index in [1.165, 1.54) is 0 Å². The summed E-state index contributed by atoms with van der Waals surface area (Å²) in [6.45, 7) is 0. The van der Waals surface area contributed by atoms with Crippen LogP contribution in [-0.2, 0) is 9.47 Å². The zero-order valence-corrected chi connectivity index (χ0v) is 9.74. The van der Waals surface area contributed by atoms with E-state index in [9.17, 15) is 0 Å². The Morgan fingerprint density at radius 1 is 0.722 bits per heavy atom. The number of ether oxygens (including phenoxy) is 2. The van der Waals surface area contributed by atoms with Crippen molar-refractivity contribution in [2.24, 2.45) is 0 Å². The average molecular weight is 242 g/mol. The molecule has 0 unspecified atom stereocenters. The van der Waals surface area contributed by atoms with Crippen molar-refractivity contribution in [3.05, 3.63) is 59.7 Å². The van der Waals surface area contributed by atoms with Crippen LogP contribution in [0.25, 0.3) is 0 Å². The van der Waals surface area contributed by atoms with E-state index in [-0.39, 0.29) is 12.6 Å². The number of benzene rings is 2. The largest absolute Gasteiger partial charge is 0.397 e. The summed E-state index contributed by atoms with van der Waals surface area (Å²) in [7, 11) is 0. The molecule has 1 aliphatic heterocycles. The highest BCUT2D eigenvalue weighted by molar-refractivity contribution is 5.64. The molecule has 1 fully saturated rings. The van der Waals surface area contributed by atoms with Crippen LogP contribution in [0, 0.1) is 0 Å². The van der Waals surface area contributed by atoms with E-state index in [2.05, 4.69) is 0 Å². The third kappa shape index (κ3) is 1.92. The van der Waals surface area contributed by atoms with Gasteiger partial charge in [0.1, 0.15) is 0 Å². The van der Waals surface area contributed by atoms with Crippen LogP contribution >= 0.6 is 0 Å². The van der Waals surface area contributed by atoms with Crippen molar-refractivity contribution in [1.29, 1.82) is 0 Å². The van der Waals surface area contributed by atoms with Crippen LogP contribution in [0.5, 0.6) is 0 Å². The van der Waals surface area contributed by atoms with Crippen molar-refractivity contribution in [2.75, 3.05) is 11.5 Å². The van der Waals surface area contributed by atoms with Crippen LogP contribution in [0.15, 0.2) is 48.5 Å². The lowest BCUT2D eigenvalue weighted by atomic mass is 10.1. The van der Waals surface area contributed by atoms with E-state index in [0.717, 1.165) is 11.1 Å². The minimum Gasteiger partial charge on any atom is -0.397 e. The zero-order valence-electron chi connectivity index (χ0n) is 9.74. The Morgan fingerprint density at radius 2 is 1.39 bits per heavy atom. The molecule has 4 heteroatoms. The maximum absolute atomic E-state index is 5.75. The molecule has 0 aliphatic carbocycles. The van der Waals surface area contributed by atoms with Crippen molar-refractivity contribution in [2.45, 2.75) is 12.6 Å². The Hall–Kier alpha value is -2.04. The second-order valence-electron chi connectivity index (χ2n) is 4.24. The Labute approximate surface area is 105 Å². The second-order valence-corrected chi connectivity index (χ2v) is 4.24. The lowest BCUT2D eigenvalue weighted by molar-refractivity contribution is -0.397. The third-order valence-corrected chi connectivity index (χ3v) is 2.95. The maximum Gasteiger partial charge on any atom is 0.190 e. The molecule has 1 saturated heterocycles. The van der Waals surface area contributed by atoms with Gasteiger partial charge in [0.15, 0.2) is 12.6 Å². The van der Waals surface area contributed by atoms with Gasteiger partial charge in [-0.25, -0.2) is 0 Å². The van der Waals surface area contributed by atoms with Crippen LogP contribution in [0.1, 0.15) is 23.7 Å². The van der Waals surface area contributed by atoms with Gasteiger partial charge in [0.05, 0.1) is 11.4 Å². The highest BCUT2D eigenvalue weighted by Crippen LogP contribution is 2.41. The van der Waals surface area contributed by atoms with Gasteiger partial charge in [-0.15, -0.1) is 0 Å². The van der Waals surface area contributed by atoms with Crippen molar-refractivity contribution >= 4 is 11.4 Å². The molecule has 18 heavy (non-hydrogen) atoms. The fourth-order valence-electron chi connectivity index (χ4n) is 1.90. The lowest BCUT2D eigenvalue weighted by Crippen LogP contribution is -2.27. The molecule has 4 N–H and O–H groups in total. The molecule has 0 amide bonds. The molecule has 0 spiro atoms. The topological polar surface area (TPSA) is 70.5 Å².